The Bertz CT molecular complexity index is 1120. The summed E-state index contributed by atoms with van der Waals surface area (Å²) in [5, 5.41) is 23.5. The number of carboxylic acids is 1. The van der Waals surface area contributed by atoms with Crippen molar-refractivity contribution in [2.75, 3.05) is 6.61 Å². The molecule has 1 amide bonds. The van der Waals surface area contributed by atoms with Gasteiger partial charge >= 0.3 is 5.97 Å². The van der Waals surface area contributed by atoms with Gasteiger partial charge in [-0.05, 0) is 43.2 Å². The van der Waals surface area contributed by atoms with Crippen molar-refractivity contribution in [3.05, 3.63) is 69.3 Å². The quantitative estimate of drug-likeness (QED) is 0.523. The number of aliphatic hydroxyl groups is 1. The number of fused-ring (bicyclic) bond motifs is 1. The molecule has 3 rings (SSSR count). The minimum Gasteiger partial charge on any atom is -0.481 e. The zero-order valence-electron chi connectivity index (χ0n) is 16.7. The second-order valence-corrected chi connectivity index (χ2v) is 8.43. The Morgan fingerprint density at radius 1 is 1.13 bits per heavy atom. The molecule has 0 radical (unpaired) electrons. The van der Waals surface area contributed by atoms with E-state index in [9.17, 15) is 19.8 Å². The van der Waals surface area contributed by atoms with E-state index in [0.29, 0.717) is 32.3 Å². The number of aliphatic carboxylic acids is 1. The molecule has 3 aromatic rings. The van der Waals surface area contributed by atoms with E-state index in [0.717, 1.165) is 5.52 Å². The van der Waals surface area contributed by atoms with Crippen LogP contribution in [0, 0.1) is 0 Å². The van der Waals surface area contributed by atoms with E-state index in [1.165, 1.54) is 0 Å². The second kappa shape index (κ2) is 8.30. The van der Waals surface area contributed by atoms with E-state index in [-0.39, 0.29) is 12.5 Å². The van der Waals surface area contributed by atoms with Gasteiger partial charge in [-0.15, -0.1) is 0 Å². The lowest BCUT2D eigenvalue weighted by Gasteiger charge is -2.22. The summed E-state index contributed by atoms with van der Waals surface area (Å²) < 4.78 is 1.71. The van der Waals surface area contributed by atoms with Gasteiger partial charge in [0.15, 0.2) is 0 Å². The topological polar surface area (TPSA) is 91.6 Å². The third-order valence-electron chi connectivity index (χ3n) is 5.40. The molecule has 0 aliphatic carbocycles. The van der Waals surface area contributed by atoms with Crippen LogP contribution in [0.4, 0.5) is 0 Å². The molecule has 0 saturated heterocycles. The largest absolute Gasteiger partial charge is 0.481 e. The highest BCUT2D eigenvalue weighted by Gasteiger charge is 2.29. The first-order valence-electron chi connectivity index (χ1n) is 9.27. The number of carbonyl (C=O) groups is 2. The standard InChI is InChI=1S/C22H22Cl2N2O4/c1-22(2,21(29)30)13-6-4-12(5-7-13)16(11-27)25-20(28)18-10-14-17(26(18)3)9-8-15(23)19(14)24/h4-10,16,27H,11H2,1-3H3,(H,25,28)(H,29,30)/t16-/m1/s1. The van der Waals surface area contributed by atoms with Gasteiger partial charge in [0, 0.05) is 18.0 Å². The van der Waals surface area contributed by atoms with Gasteiger partial charge < -0.3 is 20.1 Å². The predicted octanol–water partition coefficient (Wildman–Crippen LogP) is 4.31. The van der Waals surface area contributed by atoms with Crippen LogP contribution in [-0.2, 0) is 17.3 Å². The molecule has 0 aliphatic heterocycles. The second-order valence-electron chi connectivity index (χ2n) is 7.64. The smallest absolute Gasteiger partial charge is 0.313 e. The number of nitrogens with zero attached hydrogens (tertiary/aromatic N) is 1. The van der Waals surface area contributed by atoms with E-state index in [1.807, 2.05) is 0 Å². The number of amides is 1. The number of rotatable bonds is 6. The molecular formula is C22H22Cl2N2O4. The lowest BCUT2D eigenvalue weighted by molar-refractivity contribution is -0.142. The first kappa shape index (κ1) is 22.2. The molecule has 6 nitrogen and oxygen atoms in total. The Labute approximate surface area is 184 Å². The molecule has 0 fully saturated rings. The van der Waals surface area contributed by atoms with Crippen molar-refractivity contribution in [2.24, 2.45) is 7.05 Å². The monoisotopic (exact) mass is 448 g/mol. The van der Waals surface area contributed by atoms with Gasteiger partial charge in [0.25, 0.3) is 5.91 Å². The van der Waals surface area contributed by atoms with Crippen LogP contribution >= 0.6 is 23.2 Å². The van der Waals surface area contributed by atoms with Crippen LogP contribution in [0.25, 0.3) is 10.9 Å². The fourth-order valence-corrected chi connectivity index (χ4v) is 3.67. The lowest BCUT2D eigenvalue weighted by atomic mass is 9.84. The van der Waals surface area contributed by atoms with Gasteiger partial charge in [0.1, 0.15) is 5.69 Å². The molecule has 0 spiro atoms. The van der Waals surface area contributed by atoms with E-state index in [2.05, 4.69) is 5.32 Å². The Kier molecular flexibility index (Phi) is 6.13. The van der Waals surface area contributed by atoms with Crippen molar-refractivity contribution in [3.63, 3.8) is 0 Å². The fourth-order valence-electron chi connectivity index (χ4n) is 3.29. The van der Waals surface area contributed by atoms with Gasteiger partial charge in [-0.1, -0.05) is 47.5 Å². The molecular weight excluding hydrogens is 427 g/mol. The normalized spacial score (nSPS) is 12.7. The van der Waals surface area contributed by atoms with Crippen molar-refractivity contribution >= 4 is 46.0 Å². The van der Waals surface area contributed by atoms with Gasteiger partial charge in [-0.2, -0.15) is 0 Å². The zero-order chi connectivity index (χ0) is 22.2. The number of carbonyl (C=O) groups excluding carboxylic acids is 1. The summed E-state index contributed by atoms with van der Waals surface area (Å²) in [7, 11) is 1.75. The Hall–Kier alpha value is -2.54. The predicted molar refractivity (Wildman–Crippen MR) is 117 cm³/mol. The minimum atomic E-state index is -1.04. The van der Waals surface area contributed by atoms with Crippen LogP contribution in [0.3, 0.4) is 0 Å². The highest BCUT2D eigenvalue weighted by Crippen LogP contribution is 2.32. The molecule has 30 heavy (non-hydrogen) atoms. The molecule has 3 N–H and O–H groups in total. The van der Waals surface area contributed by atoms with E-state index < -0.39 is 17.4 Å². The van der Waals surface area contributed by atoms with Crippen molar-refractivity contribution in [3.8, 4) is 0 Å². The van der Waals surface area contributed by atoms with E-state index >= 15 is 0 Å². The summed E-state index contributed by atoms with van der Waals surface area (Å²) in [4.78, 5) is 24.3. The van der Waals surface area contributed by atoms with Crippen LogP contribution in [-0.4, -0.2) is 33.3 Å². The van der Waals surface area contributed by atoms with Crippen LogP contribution in [0.2, 0.25) is 10.0 Å². The van der Waals surface area contributed by atoms with Crippen molar-refractivity contribution in [1.82, 2.24) is 9.88 Å². The Balaban J connectivity index is 1.87. The van der Waals surface area contributed by atoms with Crippen LogP contribution in [0.15, 0.2) is 42.5 Å². The summed E-state index contributed by atoms with van der Waals surface area (Å²) >= 11 is 12.3. The maximum Gasteiger partial charge on any atom is 0.313 e. The summed E-state index contributed by atoms with van der Waals surface area (Å²) in [6, 6.07) is 11.3. The lowest BCUT2D eigenvalue weighted by Crippen LogP contribution is -2.32. The number of aromatic nitrogens is 1. The van der Waals surface area contributed by atoms with E-state index in [4.69, 9.17) is 23.2 Å². The zero-order valence-corrected chi connectivity index (χ0v) is 18.3. The van der Waals surface area contributed by atoms with Crippen molar-refractivity contribution < 1.29 is 19.8 Å². The van der Waals surface area contributed by atoms with Crippen molar-refractivity contribution in [2.45, 2.75) is 25.3 Å². The van der Waals surface area contributed by atoms with Crippen molar-refractivity contribution in [1.29, 1.82) is 0 Å². The number of carboxylic acid groups (broad SMARTS) is 1. The maximum absolute atomic E-state index is 12.9. The number of nitrogens with one attached hydrogen (secondary N) is 1. The number of benzene rings is 2. The molecule has 0 aliphatic rings. The minimum absolute atomic E-state index is 0.316. The summed E-state index contributed by atoms with van der Waals surface area (Å²) in [6.07, 6.45) is 0. The van der Waals surface area contributed by atoms with Gasteiger partial charge in [0.2, 0.25) is 0 Å². The molecule has 0 unspecified atom stereocenters. The molecule has 0 bridgehead atoms. The van der Waals surface area contributed by atoms with Crippen LogP contribution < -0.4 is 5.32 Å². The average Bonchev–Trinajstić information content (AvgIpc) is 3.06. The van der Waals surface area contributed by atoms with E-state index in [1.54, 1.807) is 67.9 Å². The van der Waals surface area contributed by atoms with Gasteiger partial charge in [0.05, 0.1) is 28.1 Å². The molecule has 1 heterocycles. The molecule has 1 atom stereocenters. The molecule has 8 heteroatoms. The summed E-state index contributed by atoms with van der Waals surface area (Å²) in [5.74, 6) is -1.31. The molecule has 2 aromatic carbocycles. The van der Waals surface area contributed by atoms with Gasteiger partial charge in [-0.25, -0.2) is 0 Å². The number of aliphatic hydroxyl groups excluding tert-OH is 1. The fraction of sp³-hybridized carbons (Fsp3) is 0.273. The number of hydrogen-bond donors (Lipinski definition) is 3. The number of halogens is 2. The highest BCUT2D eigenvalue weighted by atomic mass is 35.5. The Morgan fingerprint density at radius 2 is 1.77 bits per heavy atom. The summed E-state index contributed by atoms with van der Waals surface area (Å²) in [6.45, 7) is 2.92. The average molecular weight is 449 g/mol. The first-order chi connectivity index (χ1) is 14.1. The molecule has 158 valence electrons. The Morgan fingerprint density at radius 3 is 2.33 bits per heavy atom. The SMILES string of the molecule is Cn1c(C(=O)N[C@H](CO)c2ccc(C(C)(C)C(=O)O)cc2)cc2c(Cl)c(Cl)ccc21. The highest BCUT2D eigenvalue weighted by molar-refractivity contribution is 6.45. The molecule has 1 aromatic heterocycles. The third kappa shape index (κ3) is 3.90. The molecule has 0 saturated carbocycles. The van der Waals surface area contributed by atoms with Crippen LogP contribution in [0.1, 0.15) is 41.5 Å². The third-order valence-corrected chi connectivity index (χ3v) is 6.22. The number of hydrogen-bond acceptors (Lipinski definition) is 3. The first-order valence-corrected chi connectivity index (χ1v) is 10.0. The summed E-state index contributed by atoms with van der Waals surface area (Å²) in [5.41, 5.74) is 1.38. The number of aryl methyl sites for hydroxylation is 1. The maximum atomic E-state index is 12.9. The van der Waals surface area contributed by atoms with Crippen LogP contribution in [0.5, 0.6) is 0 Å². The van der Waals surface area contributed by atoms with Gasteiger partial charge in [-0.3, -0.25) is 9.59 Å².